The Morgan fingerprint density at radius 1 is 1.03 bits per heavy atom. The van der Waals surface area contributed by atoms with E-state index in [-0.39, 0.29) is 0 Å². The molecule has 178 valence electrons. The Kier molecular flexibility index (Phi) is 8.62. The number of hydrogen-bond donors (Lipinski definition) is 4. The van der Waals surface area contributed by atoms with Crippen LogP contribution in [0.15, 0.2) is 59.0 Å². The minimum atomic E-state index is 0.350. The van der Waals surface area contributed by atoms with Crippen molar-refractivity contribution in [2.75, 3.05) is 13.2 Å². The number of rotatable bonds is 5. The van der Waals surface area contributed by atoms with Gasteiger partial charge >= 0.3 is 0 Å². The molecular weight excluding hydrogens is 404 g/mol. The van der Waals surface area contributed by atoms with Gasteiger partial charge in [0.05, 0.1) is 12.7 Å². The molecular formula is C29H42N4. The molecule has 2 heterocycles. The van der Waals surface area contributed by atoms with Crippen LogP contribution in [0.3, 0.4) is 0 Å². The average molecular weight is 447 g/mol. The van der Waals surface area contributed by atoms with Crippen LogP contribution in [0.1, 0.15) is 62.9 Å². The van der Waals surface area contributed by atoms with Crippen molar-refractivity contribution in [3.05, 3.63) is 81.4 Å². The first kappa shape index (κ1) is 24.9. The second-order valence-corrected chi connectivity index (χ2v) is 8.46. The fourth-order valence-corrected chi connectivity index (χ4v) is 4.97. The lowest BCUT2D eigenvalue weighted by Gasteiger charge is -2.27. The summed E-state index contributed by atoms with van der Waals surface area (Å²) in [6, 6.07) is 4.80. The predicted octanol–water partition coefficient (Wildman–Crippen LogP) is 6.22. The molecule has 0 bridgehead atoms. The number of hydrogen-bond acceptors (Lipinski definition) is 3. The van der Waals surface area contributed by atoms with Gasteiger partial charge in [-0.2, -0.15) is 0 Å². The lowest BCUT2D eigenvalue weighted by atomic mass is 10.0. The summed E-state index contributed by atoms with van der Waals surface area (Å²) in [5.74, 6) is 1.22. The Morgan fingerprint density at radius 3 is 2.52 bits per heavy atom. The molecule has 1 aromatic carbocycles. The molecule has 3 aliphatic rings. The van der Waals surface area contributed by atoms with Crippen molar-refractivity contribution >= 4 is 10.9 Å². The SMILES string of the molecule is CC.CC.Cc1[nH]c2c(C)ccc(C)c2c1CCNC1=C2CC(C3=CCC=C3)=CC2NCN1. The van der Waals surface area contributed by atoms with E-state index < -0.39 is 0 Å². The van der Waals surface area contributed by atoms with Gasteiger partial charge in [0.15, 0.2) is 0 Å². The summed E-state index contributed by atoms with van der Waals surface area (Å²) >= 11 is 0. The van der Waals surface area contributed by atoms with E-state index >= 15 is 0 Å². The molecule has 4 N–H and O–H groups in total. The number of aromatic amines is 1. The van der Waals surface area contributed by atoms with Crippen LogP contribution in [-0.2, 0) is 6.42 Å². The van der Waals surface area contributed by atoms with Gasteiger partial charge in [-0.15, -0.1) is 0 Å². The number of fused-ring (bicyclic) bond motifs is 2. The normalized spacial score (nSPS) is 18.6. The van der Waals surface area contributed by atoms with Crippen LogP contribution in [0.4, 0.5) is 0 Å². The van der Waals surface area contributed by atoms with E-state index in [1.54, 1.807) is 0 Å². The van der Waals surface area contributed by atoms with Gasteiger partial charge in [-0.3, -0.25) is 5.32 Å². The molecule has 1 aromatic heterocycles. The Morgan fingerprint density at radius 2 is 1.79 bits per heavy atom. The zero-order valence-electron chi connectivity index (χ0n) is 21.6. The third-order valence-corrected chi connectivity index (χ3v) is 6.54. The van der Waals surface area contributed by atoms with Crippen LogP contribution in [-0.4, -0.2) is 24.2 Å². The summed E-state index contributed by atoms with van der Waals surface area (Å²) in [7, 11) is 0. The third kappa shape index (κ3) is 5.11. The number of benzene rings is 1. The van der Waals surface area contributed by atoms with Gasteiger partial charge in [0.2, 0.25) is 0 Å². The van der Waals surface area contributed by atoms with Crippen LogP contribution >= 0.6 is 0 Å². The van der Waals surface area contributed by atoms with E-state index in [4.69, 9.17) is 0 Å². The number of aromatic nitrogens is 1. The van der Waals surface area contributed by atoms with Crippen molar-refractivity contribution in [2.24, 2.45) is 0 Å². The van der Waals surface area contributed by atoms with Crippen LogP contribution in [0, 0.1) is 20.8 Å². The second kappa shape index (κ2) is 11.4. The molecule has 4 nitrogen and oxygen atoms in total. The highest BCUT2D eigenvalue weighted by molar-refractivity contribution is 5.90. The van der Waals surface area contributed by atoms with E-state index in [9.17, 15) is 0 Å². The second-order valence-electron chi connectivity index (χ2n) is 8.46. The van der Waals surface area contributed by atoms with Gasteiger partial charge in [0, 0.05) is 23.1 Å². The molecule has 2 aliphatic carbocycles. The van der Waals surface area contributed by atoms with E-state index in [1.165, 1.54) is 55.8 Å². The Balaban J connectivity index is 0.000000728. The molecule has 1 aliphatic heterocycles. The first-order chi connectivity index (χ1) is 16.1. The van der Waals surface area contributed by atoms with Crippen LogP contribution in [0.2, 0.25) is 0 Å². The van der Waals surface area contributed by atoms with Gasteiger partial charge in [-0.05, 0) is 73.4 Å². The summed E-state index contributed by atoms with van der Waals surface area (Å²) in [5.41, 5.74) is 11.0. The molecule has 5 rings (SSSR count). The highest BCUT2D eigenvalue weighted by atomic mass is 15.2. The summed E-state index contributed by atoms with van der Waals surface area (Å²) in [5, 5.41) is 12.2. The molecule has 0 saturated carbocycles. The number of H-pyrrole nitrogens is 1. The molecule has 0 fully saturated rings. The van der Waals surface area contributed by atoms with Crippen LogP contribution in [0.25, 0.3) is 10.9 Å². The third-order valence-electron chi connectivity index (χ3n) is 6.54. The summed E-state index contributed by atoms with van der Waals surface area (Å²) in [4.78, 5) is 3.61. The molecule has 0 spiro atoms. The maximum atomic E-state index is 3.71. The summed E-state index contributed by atoms with van der Waals surface area (Å²) in [6.45, 7) is 16.3. The van der Waals surface area contributed by atoms with Gasteiger partial charge in [0.25, 0.3) is 0 Å². The quantitative estimate of drug-likeness (QED) is 0.441. The average Bonchev–Trinajstić information content (AvgIpc) is 3.58. The van der Waals surface area contributed by atoms with Crippen molar-refractivity contribution < 1.29 is 0 Å². The van der Waals surface area contributed by atoms with E-state index in [0.717, 1.165) is 32.5 Å². The van der Waals surface area contributed by atoms with Gasteiger partial charge in [-0.1, -0.05) is 64.1 Å². The highest BCUT2D eigenvalue weighted by Gasteiger charge is 2.28. The molecule has 1 atom stereocenters. The van der Waals surface area contributed by atoms with Crippen LogP contribution in [0.5, 0.6) is 0 Å². The van der Waals surface area contributed by atoms with Crippen LogP contribution < -0.4 is 16.0 Å². The zero-order chi connectivity index (χ0) is 24.0. The predicted molar refractivity (Wildman–Crippen MR) is 143 cm³/mol. The maximum Gasteiger partial charge on any atom is 0.101 e. The minimum absolute atomic E-state index is 0.350. The topological polar surface area (TPSA) is 51.9 Å². The van der Waals surface area contributed by atoms with Crippen molar-refractivity contribution in [3.63, 3.8) is 0 Å². The first-order valence-corrected chi connectivity index (χ1v) is 12.7. The molecule has 1 unspecified atom stereocenters. The standard InChI is InChI=1S/C25H30N4.2C2H6/c1-15-8-9-16(2)24-23(15)20(17(3)29-24)10-11-26-25-21-12-19(18-6-4-5-7-18)13-22(21)27-14-28-25;2*1-2/h4,6-9,13,22,26-29H,5,10-12,14H2,1-3H3;2*1-2H3. The fourth-order valence-electron chi connectivity index (χ4n) is 4.97. The van der Waals surface area contributed by atoms with Crippen molar-refractivity contribution in [1.29, 1.82) is 0 Å². The van der Waals surface area contributed by atoms with Crippen molar-refractivity contribution in [2.45, 2.75) is 73.8 Å². The lowest BCUT2D eigenvalue weighted by Crippen LogP contribution is -2.46. The number of nitrogens with one attached hydrogen (secondary N) is 4. The molecule has 4 heteroatoms. The number of aryl methyl sites for hydroxylation is 3. The van der Waals surface area contributed by atoms with Crippen molar-refractivity contribution in [1.82, 2.24) is 20.9 Å². The fraction of sp³-hybridized carbons (Fsp3) is 0.448. The first-order valence-electron chi connectivity index (χ1n) is 12.7. The van der Waals surface area contributed by atoms with Crippen molar-refractivity contribution in [3.8, 4) is 0 Å². The molecule has 33 heavy (non-hydrogen) atoms. The zero-order valence-corrected chi connectivity index (χ0v) is 21.6. The van der Waals surface area contributed by atoms with Gasteiger partial charge in [0.1, 0.15) is 5.82 Å². The monoisotopic (exact) mass is 446 g/mol. The molecule has 0 amide bonds. The molecule has 2 aromatic rings. The maximum absolute atomic E-state index is 3.71. The number of allylic oxidation sites excluding steroid dienone is 5. The van der Waals surface area contributed by atoms with E-state index in [0.29, 0.717) is 6.04 Å². The lowest BCUT2D eigenvalue weighted by molar-refractivity contribution is 0.525. The minimum Gasteiger partial charge on any atom is -0.372 e. The summed E-state index contributed by atoms with van der Waals surface area (Å²) in [6.07, 6.45) is 12.3. The summed E-state index contributed by atoms with van der Waals surface area (Å²) < 4.78 is 0. The van der Waals surface area contributed by atoms with Gasteiger partial charge < -0.3 is 15.6 Å². The Labute approximate surface area is 200 Å². The molecule has 0 radical (unpaired) electrons. The largest absolute Gasteiger partial charge is 0.372 e. The Bertz CT molecular complexity index is 1090. The smallest absolute Gasteiger partial charge is 0.101 e. The van der Waals surface area contributed by atoms with E-state index in [2.05, 4.69) is 78.1 Å². The van der Waals surface area contributed by atoms with E-state index in [1.807, 2.05) is 27.7 Å². The highest BCUT2D eigenvalue weighted by Crippen LogP contribution is 2.34. The van der Waals surface area contributed by atoms with Gasteiger partial charge in [-0.25, -0.2) is 0 Å². The molecule has 0 saturated heterocycles. The Hall–Kier alpha value is -2.72.